The highest BCUT2D eigenvalue weighted by atomic mass is 16.3. The second-order valence-corrected chi connectivity index (χ2v) is 3.83. The molecular formula is C12H14N2O2. The number of hydrogen-bond donors (Lipinski definition) is 3. The van der Waals surface area contributed by atoms with Crippen molar-refractivity contribution in [1.29, 1.82) is 0 Å². The largest absolute Gasteiger partial charge is 0.507 e. The summed E-state index contributed by atoms with van der Waals surface area (Å²) in [5, 5.41) is 19.0. The standard InChI is InChI=1S/C12H14N2O2/c1-8-2-9(4-11-5-13-7-14-11)12(16)10(3-8)6-15/h2-3,5,7,15-16H,4,6H2,1H3,(H,13,14). The summed E-state index contributed by atoms with van der Waals surface area (Å²) in [7, 11) is 0. The molecule has 1 aromatic carbocycles. The monoisotopic (exact) mass is 218 g/mol. The topological polar surface area (TPSA) is 69.1 Å². The van der Waals surface area contributed by atoms with E-state index >= 15 is 0 Å². The van der Waals surface area contributed by atoms with Gasteiger partial charge in [0.05, 0.1) is 18.6 Å². The van der Waals surface area contributed by atoms with E-state index in [9.17, 15) is 5.11 Å². The minimum Gasteiger partial charge on any atom is -0.507 e. The van der Waals surface area contributed by atoms with Gasteiger partial charge in [-0.1, -0.05) is 17.7 Å². The minimum atomic E-state index is -0.152. The van der Waals surface area contributed by atoms with Crippen LogP contribution in [0.25, 0.3) is 0 Å². The molecule has 0 atom stereocenters. The second kappa shape index (κ2) is 4.37. The third kappa shape index (κ3) is 2.06. The van der Waals surface area contributed by atoms with E-state index in [4.69, 9.17) is 5.11 Å². The van der Waals surface area contributed by atoms with Crippen molar-refractivity contribution in [2.45, 2.75) is 20.0 Å². The van der Waals surface area contributed by atoms with Gasteiger partial charge in [-0.05, 0) is 6.92 Å². The van der Waals surface area contributed by atoms with Gasteiger partial charge in [0.1, 0.15) is 5.75 Å². The number of hydrogen-bond acceptors (Lipinski definition) is 3. The molecule has 84 valence electrons. The van der Waals surface area contributed by atoms with Crippen molar-refractivity contribution < 1.29 is 10.2 Å². The molecule has 0 aliphatic heterocycles. The van der Waals surface area contributed by atoms with Crippen LogP contribution in [0.2, 0.25) is 0 Å². The van der Waals surface area contributed by atoms with E-state index in [2.05, 4.69) is 9.97 Å². The number of aliphatic hydroxyl groups is 1. The summed E-state index contributed by atoms with van der Waals surface area (Å²) in [4.78, 5) is 6.98. The van der Waals surface area contributed by atoms with Gasteiger partial charge in [-0.15, -0.1) is 0 Å². The number of aromatic nitrogens is 2. The first-order valence-corrected chi connectivity index (χ1v) is 5.10. The molecule has 0 aliphatic carbocycles. The molecule has 0 saturated heterocycles. The van der Waals surface area contributed by atoms with Gasteiger partial charge in [0, 0.05) is 23.7 Å². The number of H-pyrrole nitrogens is 1. The fourth-order valence-corrected chi connectivity index (χ4v) is 1.77. The summed E-state index contributed by atoms with van der Waals surface area (Å²) in [6.07, 6.45) is 3.96. The Morgan fingerprint density at radius 3 is 2.69 bits per heavy atom. The van der Waals surface area contributed by atoms with Crippen LogP contribution in [0.4, 0.5) is 0 Å². The third-order valence-electron chi connectivity index (χ3n) is 2.51. The molecule has 0 bridgehead atoms. The highest BCUT2D eigenvalue weighted by molar-refractivity contribution is 5.44. The zero-order chi connectivity index (χ0) is 11.5. The molecule has 1 heterocycles. The lowest BCUT2D eigenvalue weighted by Crippen LogP contribution is -1.95. The number of aryl methyl sites for hydroxylation is 1. The van der Waals surface area contributed by atoms with Crippen LogP contribution in [-0.4, -0.2) is 20.2 Å². The lowest BCUT2D eigenvalue weighted by Gasteiger charge is -2.09. The van der Waals surface area contributed by atoms with Crippen molar-refractivity contribution in [3.8, 4) is 5.75 Å². The number of aliphatic hydroxyl groups excluding tert-OH is 1. The van der Waals surface area contributed by atoms with Crippen LogP contribution in [0.5, 0.6) is 5.75 Å². The van der Waals surface area contributed by atoms with Crippen LogP contribution in [0.3, 0.4) is 0 Å². The SMILES string of the molecule is Cc1cc(CO)c(O)c(Cc2c[nH]cn2)c1. The second-order valence-electron chi connectivity index (χ2n) is 3.83. The summed E-state index contributed by atoms with van der Waals surface area (Å²) in [5.74, 6) is 0.163. The normalized spacial score (nSPS) is 10.6. The van der Waals surface area contributed by atoms with Crippen molar-refractivity contribution in [1.82, 2.24) is 9.97 Å². The molecule has 0 spiro atoms. The highest BCUT2D eigenvalue weighted by Gasteiger charge is 2.09. The molecule has 16 heavy (non-hydrogen) atoms. The molecule has 0 amide bonds. The number of aromatic amines is 1. The summed E-state index contributed by atoms with van der Waals surface area (Å²) in [6, 6.07) is 3.69. The number of benzene rings is 1. The average Bonchev–Trinajstić information content (AvgIpc) is 2.75. The zero-order valence-corrected chi connectivity index (χ0v) is 9.07. The first-order chi connectivity index (χ1) is 7.70. The van der Waals surface area contributed by atoms with Crippen molar-refractivity contribution in [2.75, 3.05) is 0 Å². The van der Waals surface area contributed by atoms with Gasteiger partial charge in [0.2, 0.25) is 0 Å². The Balaban J connectivity index is 2.36. The van der Waals surface area contributed by atoms with Gasteiger partial charge >= 0.3 is 0 Å². The fourth-order valence-electron chi connectivity index (χ4n) is 1.77. The van der Waals surface area contributed by atoms with E-state index in [-0.39, 0.29) is 12.4 Å². The van der Waals surface area contributed by atoms with Gasteiger partial charge in [-0.25, -0.2) is 4.98 Å². The van der Waals surface area contributed by atoms with E-state index in [1.165, 1.54) is 0 Å². The molecule has 2 rings (SSSR count). The van der Waals surface area contributed by atoms with Crippen molar-refractivity contribution in [3.05, 3.63) is 47.0 Å². The Morgan fingerprint density at radius 1 is 1.31 bits per heavy atom. The minimum absolute atomic E-state index is 0.152. The maximum Gasteiger partial charge on any atom is 0.124 e. The van der Waals surface area contributed by atoms with Crippen molar-refractivity contribution in [3.63, 3.8) is 0 Å². The third-order valence-corrected chi connectivity index (χ3v) is 2.51. The van der Waals surface area contributed by atoms with E-state index < -0.39 is 0 Å². The lowest BCUT2D eigenvalue weighted by molar-refractivity contribution is 0.275. The molecule has 3 N–H and O–H groups in total. The molecule has 0 fully saturated rings. The summed E-state index contributed by atoms with van der Waals surface area (Å²) in [5.41, 5.74) is 3.24. The van der Waals surface area contributed by atoms with Crippen LogP contribution in [0, 0.1) is 6.92 Å². The predicted octanol–water partition coefficient (Wildman–Crippen LogP) is 1.51. The Morgan fingerprint density at radius 2 is 2.06 bits per heavy atom. The molecule has 0 unspecified atom stereocenters. The van der Waals surface area contributed by atoms with E-state index in [1.54, 1.807) is 18.6 Å². The number of imidazole rings is 1. The number of rotatable bonds is 3. The van der Waals surface area contributed by atoms with Crippen LogP contribution in [0.15, 0.2) is 24.7 Å². The summed E-state index contributed by atoms with van der Waals surface area (Å²) in [6.45, 7) is 1.79. The molecule has 0 radical (unpaired) electrons. The smallest absolute Gasteiger partial charge is 0.124 e. The summed E-state index contributed by atoms with van der Waals surface area (Å²) < 4.78 is 0. The van der Waals surface area contributed by atoms with Crippen LogP contribution < -0.4 is 0 Å². The number of phenols is 1. The van der Waals surface area contributed by atoms with Crippen LogP contribution in [0.1, 0.15) is 22.4 Å². The maximum absolute atomic E-state index is 9.91. The van der Waals surface area contributed by atoms with Gasteiger partial charge in [0.15, 0.2) is 0 Å². The van der Waals surface area contributed by atoms with Gasteiger partial charge in [0.25, 0.3) is 0 Å². The zero-order valence-electron chi connectivity index (χ0n) is 9.07. The fraction of sp³-hybridized carbons (Fsp3) is 0.250. The van der Waals surface area contributed by atoms with Gasteiger partial charge in [-0.2, -0.15) is 0 Å². The molecule has 0 saturated carbocycles. The molecule has 2 aromatic rings. The van der Waals surface area contributed by atoms with Crippen molar-refractivity contribution >= 4 is 0 Å². The number of aromatic hydroxyl groups is 1. The predicted molar refractivity (Wildman–Crippen MR) is 60.2 cm³/mol. The summed E-state index contributed by atoms with van der Waals surface area (Å²) >= 11 is 0. The number of nitrogens with one attached hydrogen (secondary N) is 1. The average molecular weight is 218 g/mol. The van der Waals surface area contributed by atoms with E-state index in [0.717, 1.165) is 16.8 Å². The molecular weight excluding hydrogens is 204 g/mol. The van der Waals surface area contributed by atoms with Crippen molar-refractivity contribution in [2.24, 2.45) is 0 Å². The van der Waals surface area contributed by atoms with Crippen LogP contribution >= 0.6 is 0 Å². The van der Waals surface area contributed by atoms with E-state index in [1.807, 2.05) is 13.0 Å². The first-order valence-electron chi connectivity index (χ1n) is 5.10. The maximum atomic E-state index is 9.91. The first kappa shape index (κ1) is 10.7. The Hall–Kier alpha value is -1.81. The Kier molecular flexibility index (Phi) is 2.92. The number of nitrogens with zero attached hydrogens (tertiary/aromatic N) is 1. The molecule has 1 aromatic heterocycles. The van der Waals surface area contributed by atoms with Gasteiger partial charge < -0.3 is 15.2 Å². The molecule has 0 aliphatic rings. The Labute approximate surface area is 93.6 Å². The Bertz CT molecular complexity index is 478. The molecule has 4 nitrogen and oxygen atoms in total. The highest BCUT2D eigenvalue weighted by Crippen LogP contribution is 2.26. The molecule has 4 heteroatoms. The lowest BCUT2D eigenvalue weighted by atomic mass is 10.0. The quantitative estimate of drug-likeness (QED) is 0.731. The van der Waals surface area contributed by atoms with Crippen LogP contribution in [-0.2, 0) is 13.0 Å². The van der Waals surface area contributed by atoms with Gasteiger partial charge in [-0.3, -0.25) is 0 Å². The van der Waals surface area contributed by atoms with E-state index in [0.29, 0.717) is 12.0 Å².